The fraction of sp³-hybridized carbons (Fsp3) is 0.167. The topological polar surface area (TPSA) is 32.3 Å². The lowest BCUT2D eigenvalue weighted by molar-refractivity contribution is -0.110. The van der Waals surface area contributed by atoms with Crippen LogP contribution < -0.4 is 5.32 Å². The van der Waals surface area contributed by atoms with E-state index in [1.165, 1.54) is 5.56 Å². The van der Waals surface area contributed by atoms with Crippen LogP contribution in [-0.2, 0) is 11.3 Å². The molecule has 0 radical (unpaired) electrons. The van der Waals surface area contributed by atoms with Crippen molar-refractivity contribution in [1.82, 2.24) is 4.90 Å². The summed E-state index contributed by atoms with van der Waals surface area (Å²) in [6.45, 7) is 3.66. The molecule has 0 unspecified atom stereocenters. The van der Waals surface area contributed by atoms with Gasteiger partial charge < -0.3 is 10.2 Å². The minimum atomic E-state index is -0.0798. The zero-order valence-corrected chi connectivity index (χ0v) is 13.1. The number of carbonyl (C=O) groups excluding carboxylic acids is 1. The van der Waals surface area contributed by atoms with E-state index in [0.29, 0.717) is 10.6 Å². The number of rotatable bonds is 4. The van der Waals surface area contributed by atoms with Gasteiger partial charge in [-0.15, -0.1) is 0 Å². The first kappa shape index (κ1) is 14.7. The van der Waals surface area contributed by atoms with Crippen LogP contribution in [0.5, 0.6) is 0 Å². The molecule has 4 heteroatoms. The highest BCUT2D eigenvalue weighted by atomic mass is 35.5. The minimum Gasteiger partial charge on any atom is -0.373 e. The highest BCUT2D eigenvalue weighted by molar-refractivity contribution is 6.34. The lowest BCUT2D eigenvalue weighted by atomic mass is 10.1. The standard InChI is InChI=1S/C18H17ClN2O/c1-2-21(11-13-6-4-3-5-7-13)12-16-15-10-14(19)8-9-17(15)20-18(16)22/h3-10,12H,2,11H2,1H3,(H,20,22)/b16-12+. The van der Waals surface area contributed by atoms with Crippen LogP contribution in [-0.4, -0.2) is 17.4 Å². The molecule has 0 saturated heterocycles. The molecule has 0 bridgehead atoms. The average Bonchev–Trinajstić information content (AvgIpc) is 2.83. The third-order valence-electron chi connectivity index (χ3n) is 3.71. The maximum absolute atomic E-state index is 12.2. The SMILES string of the molecule is CCN(/C=C1/C(=O)Nc2ccc(Cl)cc21)Cc1ccccc1. The molecule has 0 aromatic heterocycles. The van der Waals surface area contributed by atoms with E-state index in [2.05, 4.69) is 29.3 Å². The van der Waals surface area contributed by atoms with Crippen LogP contribution in [0.1, 0.15) is 18.1 Å². The highest BCUT2D eigenvalue weighted by Gasteiger charge is 2.24. The van der Waals surface area contributed by atoms with Gasteiger partial charge in [-0.3, -0.25) is 4.79 Å². The average molecular weight is 313 g/mol. The number of nitrogens with one attached hydrogen (secondary N) is 1. The van der Waals surface area contributed by atoms with E-state index in [0.717, 1.165) is 24.3 Å². The number of hydrogen-bond donors (Lipinski definition) is 1. The number of halogens is 1. The Morgan fingerprint density at radius 1 is 1.18 bits per heavy atom. The molecular weight excluding hydrogens is 296 g/mol. The van der Waals surface area contributed by atoms with Crippen molar-refractivity contribution in [2.45, 2.75) is 13.5 Å². The number of carbonyl (C=O) groups is 1. The van der Waals surface area contributed by atoms with Crippen LogP contribution >= 0.6 is 11.6 Å². The highest BCUT2D eigenvalue weighted by Crippen LogP contribution is 2.34. The van der Waals surface area contributed by atoms with Crippen LogP contribution in [0.25, 0.3) is 5.57 Å². The summed E-state index contributed by atoms with van der Waals surface area (Å²) < 4.78 is 0. The number of amides is 1. The molecular formula is C18H17ClN2O. The first-order chi connectivity index (χ1) is 10.7. The van der Waals surface area contributed by atoms with Gasteiger partial charge in [-0.2, -0.15) is 0 Å². The Kier molecular flexibility index (Phi) is 4.16. The van der Waals surface area contributed by atoms with Crippen LogP contribution in [0.3, 0.4) is 0 Å². The zero-order chi connectivity index (χ0) is 15.5. The molecule has 1 aliphatic heterocycles. The fourth-order valence-electron chi connectivity index (χ4n) is 2.54. The molecule has 0 spiro atoms. The minimum absolute atomic E-state index is 0.0798. The molecule has 0 aliphatic carbocycles. The normalized spacial score (nSPS) is 14.8. The summed E-state index contributed by atoms with van der Waals surface area (Å²) in [7, 11) is 0. The summed E-state index contributed by atoms with van der Waals surface area (Å²) in [6, 6.07) is 15.7. The van der Waals surface area contributed by atoms with Gasteiger partial charge in [0.25, 0.3) is 5.91 Å². The lowest BCUT2D eigenvalue weighted by Gasteiger charge is -2.19. The van der Waals surface area contributed by atoms with Gasteiger partial charge in [0.1, 0.15) is 0 Å². The van der Waals surface area contributed by atoms with Crippen molar-refractivity contribution in [3.8, 4) is 0 Å². The van der Waals surface area contributed by atoms with E-state index < -0.39 is 0 Å². The van der Waals surface area contributed by atoms with Crippen molar-refractivity contribution in [2.75, 3.05) is 11.9 Å². The van der Waals surface area contributed by atoms with E-state index >= 15 is 0 Å². The Bertz CT molecular complexity index is 725. The molecule has 2 aromatic rings. The van der Waals surface area contributed by atoms with Gasteiger partial charge in [-0.05, 0) is 30.7 Å². The Balaban J connectivity index is 1.90. The second-order valence-corrected chi connectivity index (χ2v) is 5.67. The second-order valence-electron chi connectivity index (χ2n) is 5.24. The Morgan fingerprint density at radius 2 is 1.95 bits per heavy atom. The van der Waals surface area contributed by atoms with Crippen molar-refractivity contribution in [1.29, 1.82) is 0 Å². The van der Waals surface area contributed by atoms with Crippen molar-refractivity contribution in [3.05, 3.63) is 70.9 Å². The Morgan fingerprint density at radius 3 is 2.68 bits per heavy atom. The summed E-state index contributed by atoms with van der Waals surface area (Å²) in [4.78, 5) is 14.3. The maximum atomic E-state index is 12.2. The van der Waals surface area contributed by atoms with E-state index in [4.69, 9.17) is 11.6 Å². The summed E-state index contributed by atoms with van der Waals surface area (Å²) in [5.74, 6) is -0.0798. The van der Waals surface area contributed by atoms with Gasteiger partial charge in [0, 0.05) is 35.6 Å². The number of benzene rings is 2. The summed E-state index contributed by atoms with van der Waals surface area (Å²) in [5.41, 5.74) is 3.56. The maximum Gasteiger partial charge on any atom is 0.257 e. The first-order valence-electron chi connectivity index (χ1n) is 7.28. The third kappa shape index (κ3) is 3.00. The molecule has 1 amide bonds. The molecule has 3 rings (SSSR count). The number of hydrogen-bond acceptors (Lipinski definition) is 2. The quantitative estimate of drug-likeness (QED) is 0.860. The van der Waals surface area contributed by atoms with Gasteiger partial charge in [0.2, 0.25) is 0 Å². The van der Waals surface area contributed by atoms with Gasteiger partial charge in [0.15, 0.2) is 0 Å². The number of nitrogens with zero attached hydrogens (tertiary/aromatic N) is 1. The zero-order valence-electron chi connectivity index (χ0n) is 12.3. The van der Waals surface area contributed by atoms with E-state index in [-0.39, 0.29) is 5.91 Å². The molecule has 0 saturated carbocycles. The molecule has 1 aliphatic rings. The van der Waals surface area contributed by atoms with Gasteiger partial charge in [0.05, 0.1) is 5.57 Å². The predicted octanol–water partition coefficient (Wildman–Crippen LogP) is 4.16. The predicted molar refractivity (Wildman–Crippen MR) is 90.6 cm³/mol. The molecule has 1 N–H and O–H groups in total. The van der Waals surface area contributed by atoms with Crippen LogP contribution in [0.2, 0.25) is 5.02 Å². The lowest BCUT2D eigenvalue weighted by Crippen LogP contribution is -2.18. The van der Waals surface area contributed by atoms with Gasteiger partial charge >= 0.3 is 0 Å². The number of anilines is 1. The van der Waals surface area contributed by atoms with Crippen LogP contribution in [0.4, 0.5) is 5.69 Å². The monoisotopic (exact) mass is 312 g/mol. The largest absolute Gasteiger partial charge is 0.373 e. The molecule has 112 valence electrons. The molecule has 0 fully saturated rings. The third-order valence-corrected chi connectivity index (χ3v) is 3.95. The summed E-state index contributed by atoms with van der Waals surface area (Å²) in [6.07, 6.45) is 1.92. The Labute approximate surface area is 135 Å². The second kappa shape index (κ2) is 6.24. The first-order valence-corrected chi connectivity index (χ1v) is 7.66. The van der Waals surface area contributed by atoms with Crippen molar-refractivity contribution in [3.63, 3.8) is 0 Å². The molecule has 2 aromatic carbocycles. The Hall–Kier alpha value is -2.26. The van der Waals surface area contributed by atoms with Crippen molar-refractivity contribution >= 4 is 28.8 Å². The van der Waals surface area contributed by atoms with Gasteiger partial charge in [-0.1, -0.05) is 41.9 Å². The summed E-state index contributed by atoms with van der Waals surface area (Å²) in [5, 5.41) is 3.51. The van der Waals surface area contributed by atoms with E-state index in [1.54, 1.807) is 6.07 Å². The van der Waals surface area contributed by atoms with E-state index in [9.17, 15) is 4.79 Å². The fourth-order valence-corrected chi connectivity index (χ4v) is 2.71. The molecule has 0 atom stereocenters. The van der Waals surface area contributed by atoms with Crippen molar-refractivity contribution in [2.24, 2.45) is 0 Å². The smallest absolute Gasteiger partial charge is 0.257 e. The molecule has 3 nitrogen and oxygen atoms in total. The van der Waals surface area contributed by atoms with Crippen LogP contribution in [0.15, 0.2) is 54.7 Å². The number of fused-ring (bicyclic) bond motifs is 1. The summed E-state index contributed by atoms with van der Waals surface area (Å²) >= 11 is 6.06. The molecule has 22 heavy (non-hydrogen) atoms. The van der Waals surface area contributed by atoms with Crippen LogP contribution in [0, 0.1) is 0 Å². The van der Waals surface area contributed by atoms with Gasteiger partial charge in [-0.25, -0.2) is 0 Å². The van der Waals surface area contributed by atoms with E-state index in [1.807, 2.05) is 36.5 Å². The van der Waals surface area contributed by atoms with Crippen molar-refractivity contribution < 1.29 is 4.79 Å². The molecule has 1 heterocycles.